The molecule has 0 saturated carbocycles. The van der Waals surface area contributed by atoms with Gasteiger partial charge in [-0.05, 0) is 13.0 Å². The summed E-state index contributed by atoms with van der Waals surface area (Å²) in [5, 5.41) is 20.0. The predicted molar refractivity (Wildman–Crippen MR) is 67.3 cm³/mol. The fraction of sp³-hybridized carbons (Fsp3) is 0.417. The Balaban J connectivity index is 2.53. The Labute approximate surface area is 114 Å². The summed E-state index contributed by atoms with van der Waals surface area (Å²) in [5.74, 6) is -0.699. The van der Waals surface area contributed by atoms with E-state index in [2.05, 4.69) is 0 Å². The van der Waals surface area contributed by atoms with Crippen LogP contribution >= 0.6 is 23.2 Å². The number of carboxylic acids is 1. The smallest absolute Gasteiger partial charge is 0.306 e. The third-order valence-electron chi connectivity index (χ3n) is 2.92. The van der Waals surface area contributed by atoms with Crippen molar-refractivity contribution in [1.29, 1.82) is 0 Å². The van der Waals surface area contributed by atoms with E-state index < -0.39 is 18.0 Å². The number of carbonyl (C=O) groups is 1. The van der Waals surface area contributed by atoms with Gasteiger partial charge in [0.15, 0.2) is 0 Å². The normalized spacial score (nSPS) is 26.3. The first kappa shape index (κ1) is 13.5. The molecule has 4 nitrogen and oxygen atoms in total. The quantitative estimate of drug-likeness (QED) is 0.879. The number of ether oxygens (including phenoxy) is 1. The number of carboxylic acid groups (broad SMARTS) is 1. The molecule has 0 saturated heterocycles. The molecule has 0 bridgehead atoms. The zero-order valence-electron chi connectivity index (χ0n) is 9.61. The predicted octanol–water partition coefficient (Wildman–Crippen LogP) is 2.83. The second kappa shape index (κ2) is 4.61. The zero-order valence-corrected chi connectivity index (χ0v) is 11.1. The van der Waals surface area contributed by atoms with Crippen molar-refractivity contribution in [2.45, 2.75) is 31.5 Å². The van der Waals surface area contributed by atoms with Crippen LogP contribution in [0.25, 0.3) is 0 Å². The number of aliphatic carboxylic acids is 1. The van der Waals surface area contributed by atoms with Gasteiger partial charge in [-0.25, -0.2) is 0 Å². The molecular formula is C12H12Cl2O4. The van der Waals surface area contributed by atoms with Gasteiger partial charge in [-0.2, -0.15) is 0 Å². The number of rotatable bonds is 2. The van der Waals surface area contributed by atoms with Gasteiger partial charge in [0, 0.05) is 18.1 Å². The van der Waals surface area contributed by atoms with Gasteiger partial charge < -0.3 is 14.9 Å². The molecule has 0 aliphatic carbocycles. The van der Waals surface area contributed by atoms with Crippen molar-refractivity contribution < 1.29 is 19.7 Å². The van der Waals surface area contributed by atoms with Crippen LogP contribution in [0.1, 0.15) is 25.3 Å². The van der Waals surface area contributed by atoms with Crippen molar-refractivity contribution in [1.82, 2.24) is 0 Å². The van der Waals surface area contributed by atoms with Crippen molar-refractivity contribution in [2.24, 2.45) is 0 Å². The third kappa shape index (κ3) is 2.41. The Morgan fingerprint density at radius 2 is 2.11 bits per heavy atom. The highest BCUT2D eigenvalue weighted by Crippen LogP contribution is 2.44. The lowest BCUT2D eigenvalue weighted by atomic mass is 9.83. The molecule has 1 aromatic carbocycles. The van der Waals surface area contributed by atoms with Gasteiger partial charge in [-0.1, -0.05) is 23.2 Å². The fourth-order valence-electron chi connectivity index (χ4n) is 2.25. The van der Waals surface area contributed by atoms with Gasteiger partial charge in [0.1, 0.15) is 11.4 Å². The average Bonchev–Trinajstić information content (AvgIpc) is 2.19. The minimum Gasteiger partial charge on any atom is -0.490 e. The SMILES string of the molecule is CC1C[C@@](O)(CC(=O)O)c2cc(Cl)c(Cl)cc2O1. The molecule has 0 amide bonds. The van der Waals surface area contributed by atoms with E-state index in [1.54, 1.807) is 6.92 Å². The Hall–Kier alpha value is -0.970. The van der Waals surface area contributed by atoms with Crippen molar-refractivity contribution in [2.75, 3.05) is 0 Å². The topological polar surface area (TPSA) is 66.8 Å². The first-order chi connectivity index (χ1) is 8.32. The highest BCUT2D eigenvalue weighted by atomic mass is 35.5. The first-order valence-electron chi connectivity index (χ1n) is 5.42. The molecule has 2 atom stereocenters. The van der Waals surface area contributed by atoms with Crippen LogP contribution in [0.15, 0.2) is 12.1 Å². The number of hydrogen-bond donors (Lipinski definition) is 2. The average molecular weight is 291 g/mol. The monoisotopic (exact) mass is 290 g/mol. The lowest BCUT2D eigenvalue weighted by Gasteiger charge is -2.37. The summed E-state index contributed by atoms with van der Waals surface area (Å²) in [6.45, 7) is 1.76. The Kier molecular flexibility index (Phi) is 3.45. The minimum atomic E-state index is -1.48. The summed E-state index contributed by atoms with van der Waals surface area (Å²) in [6, 6.07) is 2.97. The van der Waals surface area contributed by atoms with Crippen molar-refractivity contribution in [3.8, 4) is 5.75 Å². The molecule has 98 valence electrons. The molecule has 1 aliphatic heterocycles. The second-order valence-electron chi connectivity index (χ2n) is 4.50. The summed E-state index contributed by atoms with van der Waals surface area (Å²) in [4.78, 5) is 10.9. The van der Waals surface area contributed by atoms with E-state index in [9.17, 15) is 9.90 Å². The number of hydrogen-bond acceptors (Lipinski definition) is 3. The molecule has 1 heterocycles. The standard InChI is InChI=1S/C12H12Cl2O4/c1-6-4-12(17,5-11(15)16)7-2-8(13)9(14)3-10(7)18-6/h2-3,6,17H,4-5H2,1H3,(H,15,16)/t6?,12-/m1/s1. The van der Waals surface area contributed by atoms with Crippen LogP contribution in [-0.2, 0) is 10.4 Å². The van der Waals surface area contributed by atoms with Crippen molar-refractivity contribution in [3.63, 3.8) is 0 Å². The molecule has 1 aromatic rings. The van der Waals surface area contributed by atoms with Gasteiger partial charge in [0.2, 0.25) is 0 Å². The van der Waals surface area contributed by atoms with E-state index in [-0.39, 0.29) is 17.5 Å². The zero-order chi connectivity index (χ0) is 13.5. The van der Waals surface area contributed by atoms with Crippen LogP contribution in [0.2, 0.25) is 10.0 Å². The number of halogens is 2. The molecule has 18 heavy (non-hydrogen) atoms. The number of benzene rings is 1. The van der Waals surface area contributed by atoms with Crippen LogP contribution in [-0.4, -0.2) is 22.3 Å². The lowest BCUT2D eigenvalue weighted by molar-refractivity contribution is -0.145. The molecule has 0 aromatic heterocycles. The van der Waals surface area contributed by atoms with Crippen molar-refractivity contribution >= 4 is 29.2 Å². The Bertz CT molecular complexity index is 503. The molecule has 1 aliphatic rings. The maximum absolute atomic E-state index is 10.9. The van der Waals surface area contributed by atoms with Gasteiger partial charge in [-0.3, -0.25) is 4.79 Å². The van der Waals surface area contributed by atoms with Gasteiger partial charge in [0.05, 0.1) is 22.6 Å². The summed E-state index contributed by atoms with van der Waals surface area (Å²) < 4.78 is 5.55. The van der Waals surface area contributed by atoms with E-state index in [0.29, 0.717) is 16.3 Å². The van der Waals surface area contributed by atoms with E-state index in [1.807, 2.05) is 0 Å². The summed E-state index contributed by atoms with van der Waals surface area (Å²) in [7, 11) is 0. The maximum Gasteiger partial charge on any atom is 0.306 e. The van der Waals surface area contributed by atoms with E-state index in [0.717, 1.165) is 0 Å². The maximum atomic E-state index is 10.9. The summed E-state index contributed by atoms with van der Waals surface area (Å²) >= 11 is 11.8. The number of aliphatic hydroxyl groups is 1. The van der Waals surface area contributed by atoms with Crippen LogP contribution in [0.3, 0.4) is 0 Å². The molecule has 1 unspecified atom stereocenters. The minimum absolute atomic E-state index is 0.199. The Morgan fingerprint density at radius 1 is 1.50 bits per heavy atom. The number of fused-ring (bicyclic) bond motifs is 1. The highest BCUT2D eigenvalue weighted by molar-refractivity contribution is 6.42. The lowest BCUT2D eigenvalue weighted by Crippen LogP contribution is -2.38. The van der Waals surface area contributed by atoms with E-state index in [4.69, 9.17) is 33.0 Å². The van der Waals surface area contributed by atoms with Crippen LogP contribution in [0.5, 0.6) is 5.75 Å². The molecule has 2 rings (SSSR count). The molecule has 2 N–H and O–H groups in total. The third-order valence-corrected chi connectivity index (χ3v) is 3.64. The first-order valence-corrected chi connectivity index (χ1v) is 6.18. The van der Waals surface area contributed by atoms with E-state index in [1.165, 1.54) is 12.1 Å². The highest BCUT2D eigenvalue weighted by Gasteiger charge is 2.41. The Morgan fingerprint density at radius 3 is 2.72 bits per heavy atom. The van der Waals surface area contributed by atoms with E-state index >= 15 is 0 Å². The summed E-state index contributed by atoms with van der Waals surface area (Å²) in [6.07, 6.45) is -0.491. The summed E-state index contributed by atoms with van der Waals surface area (Å²) in [5.41, 5.74) is -1.11. The van der Waals surface area contributed by atoms with Gasteiger partial charge in [0.25, 0.3) is 0 Å². The molecule has 0 radical (unpaired) electrons. The molecular weight excluding hydrogens is 279 g/mol. The van der Waals surface area contributed by atoms with Crippen LogP contribution in [0.4, 0.5) is 0 Å². The largest absolute Gasteiger partial charge is 0.490 e. The van der Waals surface area contributed by atoms with Crippen LogP contribution < -0.4 is 4.74 Å². The van der Waals surface area contributed by atoms with Gasteiger partial charge >= 0.3 is 5.97 Å². The fourth-order valence-corrected chi connectivity index (χ4v) is 2.57. The van der Waals surface area contributed by atoms with Crippen LogP contribution in [0, 0.1) is 0 Å². The van der Waals surface area contributed by atoms with Crippen molar-refractivity contribution in [3.05, 3.63) is 27.7 Å². The molecule has 0 fully saturated rings. The molecule has 0 spiro atoms. The van der Waals surface area contributed by atoms with Gasteiger partial charge in [-0.15, -0.1) is 0 Å². The second-order valence-corrected chi connectivity index (χ2v) is 5.31. The molecule has 6 heteroatoms.